The van der Waals surface area contributed by atoms with Crippen LogP contribution >= 0.6 is 11.8 Å². The van der Waals surface area contributed by atoms with E-state index in [9.17, 15) is 0 Å². The highest BCUT2D eigenvalue weighted by molar-refractivity contribution is 7.99. The molecule has 1 nitrogen and oxygen atoms in total. The number of nitrogens with two attached hydrogens (primary N) is 1. The van der Waals surface area contributed by atoms with Crippen LogP contribution in [0.2, 0.25) is 0 Å². The van der Waals surface area contributed by atoms with Gasteiger partial charge in [0.25, 0.3) is 0 Å². The molecule has 0 aliphatic carbocycles. The SMILES string of the molecule is CCC(C)CSc1cccc(N)c1. The van der Waals surface area contributed by atoms with Gasteiger partial charge < -0.3 is 5.73 Å². The van der Waals surface area contributed by atoms with Crippen molar-refractivity contribution in [2.75, 3.05) is 11.5 Å². The van der Waals surface area contributed by atoms with Crippen LogP contribution in [0.4, 0.5) is 5.69 Å². The van der Waals surface area contributed by atoms with Crippen LogP contribution in [-0.4, -0.2) is 5.75 Å². The Morgan fingerprint density at radius 2 is 2.23 bits per heavy atom. The van der Waals surface area contributed by atoms with Crippen molar-refractivity contribution in [2.24, 2.45) is 5.92 Å². The molecule has 0 saturated heterocycles. The van der Waals surface area contributed by atoms with E-state index in [1.165, 1.54) is 17.1 Å². The Labute approximate surface area is 84.7 Å². The summed E-state index contributed by atoms with van der Waals surface area (Å²) in [5.74, 6) is 1.96. The van der Waals surface area contributed by atoms with Crippen LogP contribution in [0.15, 0.2) is 29.2 Å². The Kier molecular flexibility index (Phi) is 4.16. The quantitative estimate of drug-likeness (QED) is 0.588. The lowest BCUT2D eigenvalue weighted by Gasteiger charge is -2.07. The van der Waals surface area contributed by atoms with Crippen molar-refractivity contribution in [1.82, 2.24) is 0 Å². The van der Waals surface area contributed by atoms with E-state index in [-0.39, 0.29) is 0 Å². The van der Waals surface area contributed by atoms with Gasteiger partial charge in [0.2, 0.25) is 0 Å². The van der Waals surface area contributed by atoms with Crippen molar-refractivity contribution in [3.05, 3.63) is 24.3 Å². The summed E-state index contributed by atoms with van der Waals surface area (Å²) in [6.07, 6.45) is 1.25. The van der Waals surface area contributed by atoms with Gasteiger partial charge >= 0.3 is 0 Å². The maximum absolute atomic E-state index is 5.68. The highest BCUT2D eigenvalue weighted by Gasteiger charge is 2.00. The standard InChI is InChI=1S/C11H17NS/c1-3-9(2)8-13-11-6-4-5-10(12)7-11/h4-7,9H,3,8,12H2,1-2H3. The molecule has 0 spiro atoms. The molecule has 2 N–H and O–H groups in total. The highest BCUT2D eigenvalue weighted by Crippen LogP contribution is 2.23. The molecule has 0 bridgehead atoms. The summed E-state index contributed by atoms with van der Waals surface area (Å²) in [4.78, 5) is 1.28. The first kappa shape index (κ1) is 10.5. The predicted molar refractivity (Wildman–Crippen MR) is 61.0 cm³/mol. The van der Waals surface area contributed by atoms with Crippen molar-refractivity contribution in [2.45, 2.75) is 25.2 Å². The minimum Gasteiger partial charge on any atom is -0.399 e. The molecule has 1 aromatic carbocycles. The van der Waals surface area contributed by atoms with Crippen LogP contribution in [-0.2, 0) is 0 Å². The molecule has 1 atom stereocenters. The van der Waals surface area contributed by atoms with Crippen LogP contribution in [0.1, 0.15) is 20.3 Å². The molecule has 2 heteroatoms. The van der Waals surface area contributed by atoms with Crippen molar-refractivity contribution < 1.29 is 0 Å². The maximum Gasteiger partial charge on any atom is 0.0325 e. The van der Waals surface area contributed by atoms with Gasteiger partial charge in [-0.05, 0) is 24.1 Å². The number of hydrogen-bond acceptors (Lipinski definition) is 2. The Bertz CT molecular complexity index is 260. The van der Waals surface area contributed by atoms with E-state index in [0.717, 1.165) is 11.6 Å². The molecule has 0 aliphatic heterocycles. The van der Waals surface area contributed by atoms with Crippen LogP contribution < -0.4 is 5.73 Å². The fourth-order valence-electron chi connectivity index (χ4n) is 0.961. The van der Waals surface area contributed by atoms with E-state index >= 15 is 0 Å². The first-order valence-electron chi connectivity index (χ1n) is 4.70. The van der Waals surface area contributed by atoms with Crippen molar-refractivity contribution in [3.8, 4) is 0 Å². The Hall–Kier alpha value is -0.630. The normalized spacial score (nSPS) is 12.8. The van der Waals surface area contributed by atoms with E-state index in [1.807, 2.05) is 30.0 Å². The second-order valence-electron chi connectivity index (χ2n) is 3.40. The predicted octanol–water partition coefficient (Wildman–Crippen LogP) is 3.41. The maximum atomic E-state index is 5.68. The third kappa shape index (κ3) is 3.73. The zero-order valence-corrected chi connectivity index (χ0v) is 9.10. The van der Waals surface area contributed by atoms with Crippen LogP contribution in [0, 0.1) is 5.92 Å². The summed E-state index contributed by atoms with van der Waals surface area (Å²) in [7, 11) is 0. The van der Waals surface area contributed by atoms with Crippen molar-refractivity contribution in [1.29, 1.82) is 0 Å². The van der Waals surface area contributed by atoms with Gasteiger partial charge in [-0.2, -0.15) is 0 Å². The topological polar surface area (TPSA) is 26.0 Å². The van der Waals surface area contributed by atoms with E-state index in [1.54, 1.807) is 0 Å². The lowest BCUT2D eigenvalue weighted by molar-refractivity contribution is 0.637. The van der Waals surface area contributed by atoms with Crippen LogP contribution in [0.3, 0.4) is 0 Å². The van der Waals surface area contributed by atoms with E-state index in [2.05, 4.69) is 19.9 Å². The Morgan fingerprint density at radius 1 is 1.46 bits per heavy atom. The largest absolute Gasteiger partial charge is 0.399 e. The number of anilines is 1. The first-order chi connectivity index (χ1) is 6.22. The molecule has 0 saturated carbocycles. The minimum absolute atomic E-state index is 0.784. The molecule has 0 fully saturated rings. The summed E-state index contributed by atoms with van der Waals surface area (Å²) in [5, 5.41) is 0. The zero-order valence-electron chi connectivity index (χ0n) is 8.29. The fraction of sp³-hybridized carbons (Fsp3) is 0.455. The first-order valence-corrected chi connectivity index (χ1v) is 5.69. The molecule has 0 heterocycles. The lowest BCUT2D eigenvalue weighted by atomic mass is 10.2. The van der Waals surface area contributed by atoms with Gasteiger partial charge in [-0.25, -0.2) is 0 Å². The third-order valence-corrected chi connectivity index (χ3v) is 3.41. The van der Waals surface area contributed by atoms with Gasteiger partial charge in [0, 0.05) is 16.3 Å². The van der Waals surface area contributed by atoms with E-state index in [0.29, 0.717) is 0 Å². The average molecular weight is 195 g/mol. The van der Waals surface area contributed by atoms with Gasteiger partial charge in [0.05, 0.1) is 0 Å². The molecule has 1 unspecified atom stereocenters. The number of benzene rings is 1. The molecule has 72 valence electrons. The van der Waals surface area contributed by atoms with Crippen molar-refractivity contribution >= 4 is 17.4 Å². The van der Waals surface area contributed by atoms with Gasteiger partial charge in [-0.1, -0.05) is 26.3 Å². The second-order valence-corrected chi connectivity index (χ2v) is 4.49. The molecule has 0 aromatic heterocycles. The molecule has 0 radical (unpaired) electrons. The number of nitrogen functional groups attached to an aromatic ring is 1. The van der Waals surface area contributed by atoms with Gasteiger partial charge in [0.1, 0.15) is 0 Å². The van der Waals surface area contributed by atoms with E-state index in [4.69, 9.17) is 5.73 Å². The smallest absolute Gasteiger partial charge is 0.0325 e. The minimum atomic E-state index is 0.784. The highest BCUT2D eigenvalue weighted by atomic mass is 32.2. The van der Waals surface area contributed by atoms with Gasteiger partial charge in [-0.15, -0.1) is 11.8 Å². The fourth-order valence-corrected chi connectivity index (χ4v) is 2.07. The lowest BCUT2D eigenvalue weighted by Crippen LogP contribution is -1.95. The second kappa shape index (κ2) is 5.18. The Balaban J connectivity index is 2.45. The molecular weight excluding hydrogens is 178 g/mol. The summed E-state index contributed by atoms with van der Waals surface area (Å²) in [6, 6.07) is 8.08. The third-order valence-electron chi connectivity index (χ3n) is 2.09. The number of hydrogen-bond donors (Lipinski definition) is 1. The van der Waals surface area contributed by atoms with Crippen LogP contribution in [0.5, 0.6) is 0 Å². The molecular formula is C11H17NS. The number of thioether (sulfide) groups is 1. The molecule has 1 rings (SSSR count). The molecule has 0 aliphatic rings. The molecule has 1 aromatic rings. The average Bonchev–Trinajstić information content (AvgIpc) is 2.14. The van der Waals surface area contributed by atoms with Gasteiger partial charge in [-0.3, -0.25) is 0 Å². The monoisotopic (exact) mass is 195 g/mol. The van der Waals surface area contributed by atoms with E-state index < -0.39 is 0 Å². The molecule has 0 amide bonds. The van der Waals surface area contributed by atoms with Gasteiger partial charge in [0.15, 0.2) is 0 Å². The summed E-state index contributed by atoms with van der Waals surface area (Å²) >= 11 is 1.89. The van der Waals surface area contributed by atoms with Crippen LogP contribution in [0.25, 0.3) is 0 Å². The molecule has 13 heavy (non-hydrogen) atoms. The Morgan fingerprint density at radius 3 is 2.85 bits per heavy atom. The number of rotatable bonds is 4. The van der Waals surface area contributed by atoms with Crippen molar-refractivity contribution in [3.63, 3.8) is 0 Å². The summed E-state index contributed by atoms with van der Waals surface area (Å²) < 4.78 is 0. The zero-order chi connectivity index (χ0) is 9.68. The summed E-state index contributed by atoms with van der Waals surface area (Å²) in [5.41, 5.74) is 6.54. The summed E-state index contributed by atoms with van der Waals surface area (Å²) in [6.45, 7) is 4.50.